The molecule has 0 saturated heterocycles. The Morgan fingerprint density at radius 3 is 2.61 bits per heavy atom. The molecule has 0 bridgehead atoms. The van der Waals surface area contributed by atoms with Gasteiger partial charge in [0.25, 0.3) is 0 Å². The summed E-state index contributed by atoms with van der Waals surface area (Å²) in [5.74, 6) is 0. The molecule has 23 heavy (non-hydrogen) atoms. The molecule has 2 aromatic carbocycles. The van der Waals surface area contributed by atoms with Crippen molar-refractivity contribution in [3.63, 3.8) is 0 Å². The molecule has 2 nitrogen and oxygen atoms in total. The molecule has 4 aromatic rings. The normalized spacial score (nSPS) is 11.6. The van der Waals surface area contributed by atoms with Crippen molar-refractivity contribution in [1.29, 1.82) is 0 Å². The van der Waals surface area contributed by atoms with Crippen LogP contribution >= 0.6 is 11.3 Å². The highest BCUT2D eigenvalue weighted by Crippen LogP contribution is 2.33. The fourth-order valence-corrected chi connectivity index (χ4v) is 4.07. The minimum absolute atomic E-state index is 0.904. The number of benzene rings is 2. The summed E-state index contributed by atoms with van der Waals surface area (Å²) in [6, 6.07) is 15.9. The third-order valence-electron chi connectivity index (χ3n) is 4.48. The molecule has 0 spiro atoms. The van der Waals surface area contributed by atoms with E-state index in [9.17, 15) is 0 Å². The first-order chi connectivity index (χ1) is 11.3. The second kappa shape index (κ2) is 5.84. The summed E-state index contributed by atoms with van der Waals surface area (Å²) in [5, 5.41) is 10.3. The lowest BCUT2D eigenvalue weighted by molar-refractivity contribution is 0.815. The van der Waals surface area contributed by atoms with E-state index in [1.807, 2.05) is 7.05 Å². The van der Waals surface area contributed by atoms with Crippen molar-refractivity contribution < 1.29 is 0 Å². The third kappa shape index (κ3) is 2.37. The third-order valence-corrected chi connectivity index (χ3v) is 5.17. The molecule has 0 unspecified atom stereocenters. The molecule has 1 N–H and O–H groups in total. The maximum atomic E-state index is 3.24. The predicted molar refractivity (Wildman–Crippen MR) is 101 cm³/mol. The van der Waals surface area contributed by atoms with Crippen molar-refractivity contribution >= 4 is 33.1 Å². The number of nitrogens with one attached hydrogen (secondary N) is 1. The summed E-state index contributed by atoms with van der Waals surface area (Å²) in [7, 11) is 1.99. The maximum absolute atomic E-state index is 3.24. The minimum atomic E-state index is 0.904. The molecule has 0 aliphatic heterocycles. The quantitative estimate of drug-likeness (QED) is 0.542. The van der Waals surface area contributed by atoms with Crippen molar-refractivity contribution in [2.24, 2.45) is 0 Å². The molecular formula is C20H20N2S. The molecular weight excluding hydrogens is 300 g/mol. The van der Waals surface area contributed by atoms with E-state index in [1.54, 1.807) is 11.3 Å². The van der Waals surface area contributed by atoms with Crippen LogP contribution in [-0.2, 0) is 13.1 Å². The smallest absolute Gasteiger partial charge is 0.0497 e. The van der Waals surface area contributed by atoms with E-state index in [0.29, 0.717) is 0 Å². The van der Waals surface area contributed by atoms with Crippen molar-refractivity contribution in [3.05, 3.63) is 58.8 Å². The highest BCUT2D eigenvalue weighted by atomic mass is 32.1. The van der Waals surface area contributed by atoms with Gasteiger partial charge in [0.15, 0.2) is 0 Å². The molecule has 2 heterocycles. The maximum Gasteiger partial charge on any atom is 0.0497 e. The molecule has 0 fully saturated rings. The second-order valence-electron chi connectivity index (χ2n) is 5.87. The Hall–Kier alpha value is -2.10. The van der Waals surface area contributed by atoms with Crippen molar-refractivity contribution in [2.75, 3.05) is 7.05 Å². The van der Waals surface area contributed by atoms with E-state index >= 15 is 0 Å². The average molecular weight is 320 g/mol. The van der Waals surface area contributed by atoms with E-state index < -0.39 is 0 Å². The van der Waals surface area contributed by atoms with Crippen molar-refractivity contribution in [2.45, 2.75) is 20.0 Å². The molecule has 0 saturated carbocycles. The lowest BCUT2D eigenvalue weighted by Crippen LogP contribution is -2.04. The van der Waals surface area contributed by atoms with Crippen LogP contribution < -0.4 is 5.32 Å². The second-order valence-corrected chi connectivity index (χ2v) is 6.65. The Bertz CT molecular complexity index is 964. The minimum Gasteiger partial charge on any atom is -0.341 e. The van der Waals surface area contributed by atoms with Crippen LogP contribution in [0.25, 0.3) is 32.9 Å². The number of fused-ring (bicyclic) bond motifs is 3. The van der Waals surface area contributed by atoms with Crippen LogP contribution in [-0.4, -0.2) is 11.6 Å². The van der Waals surface area contributed by atoms with E-state index in [0.717, 1.165) is 13.1 Å². The fraction of sp³-hybridized carbons (Fsp3) is 0.200. The standard InChI is InChI=1S/C20H20N2S/c1-3-22-19-7-4-14(12-21-2)10-18(19)17-6-5-15(11-20(17)22)16-8-9-23-13-16/h4-11,13,21H,3,12H2,1-2H3. The molecule has 0 aliphatic rings. The number of hydrogen-bond acceptors (Lipinski definition) is 2. The average Bonchev–Trinajstić information content (AvgIpc) is 3.20. The van der Waals surface area contributed by atoms with Crippen LogP contribution in [0.5, 0.6) is 0 Å². The molecule has 0 radical (unpaired) electrons. The van der Waals surface area contributed by atoms with Crippen LogP contribution in [0.1, 0.15) is 12.5 Å². The van der Waals surface area contributed by atoms with E-state index in [-0.39, 0.29) is 0 Å². The van der Waals surface area contributed by atoms with Gasteiger partial charge in [-0.25, -0.2) is 0 Å². The van der Waals surface area contributed by atoms with Gasteiger partial charge in [0.1, 0.15) is 0 Å². The monoisotopic (exact) mass is 320 g/mol. The highest BCUT2D eigenvalue weighted by molar-refractivity contribution is 7.08. The van der Waals surface area contributed by atoms with Crippen LogP contribution in [0.2, 0.25) is 0 Å². The fourth-order valence-electron chi connectivity index (χ4n) is 3.41. The van der Waals surface area contributed by atoms with Crippen LogP contribution in [0.15, 0.2) is 53.2 Å². The van der Waals surface area contributed by atoms with Crippen molar-refractivity contribution in [3.8, 4) is 11.1 Å². The molecule has 0 aliphatic carbocycles. The number of aromatic nitrogens is 1. The summed E-state index contributed by atoms with van der Waals surface area (Å²) >= 11 is 1.75. The Labute approximate surface area is 140 Å². The molecule has 3 heteroatoms. The number of rotatable bonds is 4. The molecule has 0 amide bonds. The first kappa shape index (κ1) is 14.5. The Morgan fingerprint density at radius 2 is 1.87 bits per heavy atom. The Kier molecular flexibility index (Phi) is 3.68. The summed E-state index contributed by atoms with van der Waals surface area (Å²) < 4.78 is 2.42. The SMILES string of the molecule is CCn1c2ccc(CNC)cc2c2ccc(-c3ccsc3)cc21. The van der Waals surface area contributed by atoms with E-state index in [2.05, 4.69) is 70.0 Å². The van der Waals surface area contributed by atoms with Gasteiger partial charge in [0.2, 0.25) is 0 Å². The van der Waals surface area contributed by atoms with Crippen LogP contribution in [0.3, 0.4) is 0 Å². The summed E-state index contributed by atoms with van der Waals surface area (Å²) in [6.07, 6.45) is 0. The number of thiophene rings is 1. The number of hydrogen-bond donors (Lipinski definition) is 1. The van der Waals surface area contributed by atoms with Gasteiger partial charge in [-0.05, 0) is 65.7 Å². The summed E-state index contributed by atoms with van der Waals surface area (Å²) in [6.45, 7) is 4.11. The zero-order valence-electron chi connectivity index (χ0n) is 13.5. The van der Waals surface area contributed by atoms with Crippen LogP contribution in [0.4, 0.5) is 0 Å². The molecule has 4 rings (SSSR count). The highest BCUT2D eigenvalue weighted by Gasteiger charge is 2.11. The predicted octanol–water partition coefficient (Wildman–Crippen LogP) is 5.26. The van der Waals surface area contributed by atoms with Crippen LogP contribution in [0, 0.1) is 0 Å². The van der Waals surface area contributed by atoms with E-state index in [4.69, 9.17) is 0 Å². The zero-order valence-corrected chi connectivity index (χ0v) is 14.3. The van der Waals surface area contributed by atoms with Gasteiger partial charge in [-0.15, -0.1) is 0 Å². The van der Waals surface area contributed by atoms with Gasteiger partial charge >= 0.3 is 0 Å². The van der Waals surface area contributed by atoms with Gasteiger partial charge in [-0.1, -0.05) is 18.2 Å². The Balaban J connectivity index is 1.99. The summed E-state index contributed by atoms with van der Waals surface area (Å²) in [4.78, 5) is 0. The van der Waals surface area contributed by atoms with Crippen molar-refractivity contribution in [1.82, 2.24) is 9.88 Å². The first-order valence-corrected chi connectivity index (χ1v) is 8.98. The first-order valence-electron chi connectivity index (χ1n) is 8.04. The van der Waals surface area contributed by atoms with Gasteiger partial charge in [0.05, 0.1) is 0 Å². The lowest BCUT2D eigenvalue weighted by Gasteiger charge is -2.05. The number of nitrogens with zero attached hydrogens (tertiary/aromatic N) is 1. The largest absolute Gasteiger partial charge is 0.341 e. The van der Waals surface area contributed by atoms with Gasteiger partial charge in [0, 0.05) is 34.9 Å². The summed E-state index contributed by atoms with van der Waals surface area (Å²) in [5.41, 5.74) is 6.59. The zero-order chi connectivity index (χ0) is 15.8. The molecule has 0 atom stereocenters. The lowest BCUT2D eigenvalue weighted by atomic mass is 10.1. The molecule has 2 aromatic heterocycles. The topological polar surface area (TPSA) is 17.0 Å². The molecule has 116 valence electrons. The Morgan fingerprint density at radius 1 is 0.957 bits per heavy atom. The number of aryl methyl sites for hydroxylation is 1. The van der Waals surface area contributed by atoms with E-state index in [1.165, 1.54) is 38.5 Å². The van der Waals surface area contributed by atoms with Gasteiger partial charge in [-0.3, -0.25) is 0 Å². The van der Waals surface area contributed by atoms with Gasteiger partial charge in [-0.2, -0.15) is 11.3 Å². The van der Waals surface area contributed by atoms with Gasteiger partial charge < -0.3 is 9.88 Å².